The summed E-state index contributed by atoms with van der Waals surface area (Å²) in [4.78, 5) is 55.0. The molecule has 23 nitrogen and oxygen atoms in total. The summed E-state index contributed by atoms with van der Waals surface area (Å²) in [6.07, 6.45) is -1.84. The van der Waals surface area contributed by atoms with Crippen molar-refractivity contribution in [1.29, 1.82) is 0 Å². The van der Waals surface area contributed by atoms with E-state index in [0.717, 1.165) is 11.1 Å². The van der Waals surface area contributed by atoms with E-state index >= 15 is 0 Å². The van der Waals surface area contributed by atoms with Gasteiger partial charge in [-0.25, -0.2) is 16.8 Å². The second kappa shape index (κ2) is 25.0. The van der Waals surface area contributed by atoms with Crippen molar-refractivity contribution in [3.63, 3.8) is 0 Å². The number of nitrogens with one attached hydrogen (secondary N) is 3. The van der Waals surface area contributed by atoms with Gasteiger partial charge in [0.25, 0.3) is 11.8 Å². The van der Waals surface area contributed by atoms with Crippen molar-refractivity contribution in [2.45, 2.75) is 75.2 Å². The molecule has 0 saturated carbocycles. The third-order valence-electron chi connectivity index (χ3n) is 12.3. The normalized spacial score (nSPS) is 21.2. The van der Waals surface area contributed by atoms with Gasteiger partial charge in [-0.3, -0.25) is 28.3 Å². The van der Waals surface area contributed by atoms with Crippen LogP contribution in [0, 0.1) is 0 Å². The van der Waals surface area contributed by atoms with Crippen molar-refractivity contribution < 1.29 is 77.0 Å². The number of primary amides is 1. The third kappa shape index (κ3) is 15.6. The molecule has 2 fully saturated rings. The van der Waals surface area contributed by atoms with E-state index < -0.39 is 92.6 Å². The van der Waals surface area contributed by atoms with Crippen LogP contribution in [-0.2, 0) is 55.1 Å². The Morgan fingerprint density at radius 3 is 1.75 bits per heavy atom. The quantitative estimate of drug-likeness (QED) is 0.0240. The number of amides is 4. The Kier molecular flexibility index (Phi) is 19.8. The molecule has 73 heavy (non-hydrogen) atoms. The van der Waals surface area contributed by atoms with E-state index in [2.05, 4.69) is 29.1 Å². The van der Waals surface area contributed by atoms with Crippen molar-refractivity contribution in [2.75, 3.05) is 87.0 Å². The molecule has 0 aliphatic carbocycles. The Labute approximate surface area is 436 Å². The maximum atomic E-state index is 15.0. The maximum absolute atomic E-state index is 15.0. The molecular formula is C44H61N6O17PS5. The standard InChI is InChI=1S/C44H61N6O17PS5/c1-26-17-32-40(66-71(56)57)47-30-21-36(34(62-5)19-28(30)42(53)49(32)23-26)64-10-12-68(55,25-46-39(52)7-9-44(3,4)70-69-14-16-73(60,61)15-8-38(45)51)13-11-65-37-22-31-29(20-35(37)63-6)43(54)50-24-27(2)18-33(50)41(48-31)67-72(58)59/h19-22,32-33,40-41,47-48H,1-2,7-18,23-25H2,3-6H3,(H2,45,51)(H,46,52)(H,56,57)(H,58,59)/t32-,33+,40?,41?,68?. The highest BCUT2D eigenvalue weighted by Crippen LogP contribution is 2.46. The highest BCUT2D eigenvalue weighted by atomic mass is 33.1. The Bertz CT molecular complexity index is 2550. The summed E-state index contributed by atoms with van der Waals surface area (Å²) in [5.41, 5.74) is 7.38. The van der Waals surface area contributed by atoms with Gasteiger partial charge >= 0.3 is 22.7 Å². The number of ether oxygens (including phenoxy) is 4. The molecule has 7 atom stereocenters. The molecule has 0 spiro atoms. The fourth-order valence-corrected chi connectivity index (χ4v) is 15.7. The molecule has 4 heterocycles. The number of fused-ring (bicyclic) bond motifs is 4. The molecule has 2 aromatic rings. The lowest BCUT2D eigenvalue weighted by Gasteiger charge is -2.27. The van der Waals surface area contributed by atoms with Gasteiger partial charge in [-0.15, -0.1) is 0 Å². The Morgan fingerprint density at radius 2 is 1.32 bits per heavy atom. The Hall–Kier alpha value is -4.38. The van der Waals surface area contributed by atoms with Crippen LogP contribution in [-0.4, -0.2) is 165 Å². The lowest BCUT2D eigenvalue weighted by atomic mass is 10.1. The van der Waals surface area contributed by atoms with Crippen molar-refractivity contribution in [3.05, 3.63) is 59.7 Å². The first-order valence-electron chi connectivity index (χ1n) is 22.8. The van der Waals surface area contributed by atoms with E-state index in [4.69, 9.17) is 33.0 Å². The predicted molar refractivity (Wildman–Crippen MR) is 279 cm³/mol. The van der Waals surface area contributed by atoms with Gasteiger partial charge in [-0.1, -0.05) is 45.9 Å². The Morgan fingerprint density at radius 1 is 0.836 bits per heavy atom. The fraction of sp³-hybridized carbons (Fsp3) is 0.545. The molecule has 2 aromatic carbocycles. The number of carbonyl (C=O) groups is 4. The number of benzene rings is 2. The van der Waals surface area contributed by atoms with Gasteiger partial charge in [-0.2, -0.15) is 8.42 Å². The number of nitrogens with two attached hydrogens (primary N) is 1. The van der Waals surface area contributed by atoms with Gasteiger partial charge in [-0.05, 0) is 45.2 Å². The van der Waals surface area contributed by atoms with Crippen LogP contribution in [0.25, 0.3) is 0 Å². The van der Waals surface area contributed by atoms with Gasteiger partial charge in [0.05, 0.1) is 79.8 Å². The van der Waals surface area contributed by atoms with E-state index in [1.54, 1.807) is 0 Å². The summed E-state index contributed by atoms with van der Waals surface area (Å²) in [6, 6.07) is 4.60. The molecule has 0 aromatic heterocycles. The van der Waals surface area contributed by atoms with Crippen molar-refractivity contribution >= 4 is 96.3 Å². The first kappa shape index (κ1) is 57.9. The monoisotopic (exact) mass is 1140 g/mol. The first-order valence-corrected chi connectivity index (χ1v) is 31.2. The highest BCUT2D eigenvalue weighted by molar-refractivity contribution is 8.77. The molecule has 0 radical (unpaired) electrons. The number of carbonyl (C=O) groups excluding carboxylic acids is 4. The predicted octanol–water partition coefficient (Wildman–Crippen LogP) is 4.18. The summed E-state index contributed by atoms with van der Waals surface area (Å²) < 4.78 is 116. The van der Waals surface area contributed by atoms with Crippen molar-refractivity contribution in [2.24, 2.45) is 5.73 Å². The third-order valence-corrected chi connectivity index (χ3v) is 21.0. The SMILES string of the molecule is C=C1C[C@@H]2C(OS(=O)O)Nc3cc(OCCP(=O)(CCOc4cc5c(cc4OC)C(=O)N4CC(=C)C[C@H]4C(OS(=O)O)N5)CNC(=O)CCC(C)(C)SSCCS(=O)(=O)CCC(N)=O)c(OC)cc3C(=O)N2C1. The van der Waals surface area contributed by atoms with Gasteiger partial charge in [0, 0.05) is 60.9 Å². The second-order valence-corrected chi connectivity index (χ2v) is 28.3. The number of hydrogen-bond acceptors (Lipinski definition) is 19. The van der Waals surface area contributed by atoms with E-state index in [1.807, 2.05) is 13.8 Å². The number of sulfone groups is 1. The van der Waals surface area contributed by atoms with Crippen LogP contribution in [0.15, 0.2) is 48.6 Å². The van der Waals surface area contributed by atoms with Crippen LogP contribution in [0.5, 0.6) is 23.0 Å². The number of rotatable bonds is 27. The topological polar surface area (TPSA) is 318 Å². The maximum Gasteiger partial charge on any atom is 0.304 e. The molecule has 5 unspecified atom stereocenters. The largest absolute Gasteiger partial charge is 0.493 e. The number of nitrogens with zero attached hydrogens (tertiary/aromatic N) is 2. The molecule has 4 amide bonds. The molecule has 6 rings (SSSR count). The average Bonchev–Trinajstić information content (AvgIpc) is 3.87. The first-order chi connectivity index (χ1) is 34.4. The fourth-order valence-electron chi connectivity index (χ4n) is 8.47. The lowest BCUT2D eigenvalue weighted by Crippen LogP contribution is -2.45. The molecule has 2 saturated heterocycles. The van der Waals surface area contributed by atoms with Gasteiger partial charge in [0.15, 0.2) is 45.3 Å². The second-order valence-electron chi connectivity index (χ2n) is 18.3. The number of methoxy groups -OCH3 is 2. The summed E-state index contributed by atoms with van der Waals surface area (Å²) in [7, 11) is -1.43. The average molecular weight is 1140 g/mol. The molecule has 404 valence electrons. The number of anilines is 2. The smallest absolute Gasteiger partial charge is 0.304 e. The van der Waals surface area contributed by atoms with E-state index in [0.29, 0.717) is 19.3 Å². The van der Waals surface area contributed by atoms with Crippen LogP contribution in [0.4, 0.5) is 11.4 Å². The molecular weight excluding hydrogens is 1080 g/mol. The van der Waals surface area contributed by atoms with E-state index in [9.17, 15) is 49.7 Å². The molecule has 7 N–H and O–H groups in total. The zero-order chi connectivity index (χ0) is 53.4. The molecule has 29 heteroatoms. The van der Waals surface area contributed by atoms with Gasteiger partial charge < -0.3 is 55.0 Å². The van der Waals surface area contributed by atoms with Crippen molar-refractivity contribution in [3.8, 4) is 23.0 Å². The lowest BCUT2D eigenvalue weighted by molar-refractivity contribution is -0.121. The summed E-state index contributed by atoms with van der Waals surface area (Å²) in [5.74, 6) is -1.48. The minimum Gasteiger partial charge on any atom is -0.493 e. The van der Waals surface area contributed by atoms with Crippen LogP contribution in [0.3, 0.4) is 0 Å². The zero-order valence-corrected chi connectivity index (χ0v) is 45.6. The molecule has 0 bridgehead atoms. The molecule has 4 aliphatic rings. The van der Waals surface area contributed by atoms with Gasteiger partial charge in [0.1, 0.15) is 7.14 Å². The Balaban J connectivity index is 1.17. The van der Waals surface area contributed by atoms with E-state index in [1.165, 1.54) is 69.9 Å². The zero-order valence-electron chi connectivity index (χ0n) is 40.6. The van der Waals surface area contributed by atoms with Crippen molar-refractivity contribution in [1.82, 2.24) is 15.1 Å². The summed E-state index contributed by atoms with van der Waals surface area (Å²) >= 11 is -5.38. The van der Waals surface area contributed by atoms with Gasteiger partial charge in [0.2, 0.25) is 11.8 Å². The van der Waals surface area contributed by atoms with Crippen LogP contribution in [0.2, 0.25) is 0 Å². The van der Waals surface area contributed by atoms with Crippen LogP contribution >= 0.6 is 28.7 Å². The number of hydrogen-bond donors (Lipinski definition) is 6. The summed E-state index contributed by atoms with van der Waals surface area (Å²) in [5, 5.41) is 8.91. The highest BCUT2D eigenvalue weighted by Gasteiger charge is 2.44. The van der Waals surface area contributed by atoms with E-state index in [-0.39, 0.29) is 121 Å². The van der Waals surface area contributed by atoms with Crippen LogP contribution in [0.1, 0.15) is 66.7 Å². The summed E-state index contributed by atoms with van der Waals surface area (Å²) in [6.45, 7) is 11.8. The minimum atomic E-state index is -3.47. The van der Waals surface area contributed by atoms with Crippen LogP contribution < -0.4 is 40.6 Å². The minimum absolute atomic E-state index is 0.0442. The molecule has 4 aliphatic heterocycles.